The minimum atomic E-state index is 0. The van der Waals surface area contributed by atoms with Gasteiger partial charge in [0, 0.05) is 39.1 Å². The molecule has 1 fully saturated rings. The Morgan fingerprint density at radius 3 is 2.45 bits per heavy atom. The van der Waals surface area contributed by atoms with Gasteiger partial charge in [-0.2, -0.15) is 0 Å². The van der Waals surface area contributed by atoms with E-state index in [1.54, 1.807) is 0 Å². The standard InChI is InChI=1S/C18H26N2O.ClH/c1-2-3-11-18(21)20-15-13-19(14-16-20)12-7-10-17-8-5-4-6-9-17;/h4-10H,2-3,11-16H2,1H3;1H/b10-7+;. The fourth-order valence-electron chi connectivity index (χ4n) is 2.57. The summed E-state index contributed by atoms with van der Waals surface area (Å²) in [6.07, 6.45) is 7.20. The van der Waals surface area contributed by atoms with Gasteiger partial charge in [-0.3, -0.25) is 9.69 Å². The van der Waals surface area contributed by atoms with E-state index in [0.29, 0.717) is 12.3 Å². The Morgan fingerprint density at radius 1 is 1.14 bits per heavy atom. The second-order valence-electron chi connectivity index (χ2n) is 5.60. The molecular formula is C18H27ClN2O. The number of amides is 1. The highest BCUT2D eigenvalue weighted by atomic mass is 35.5. The summed E-state index contributed by atoms with van der Waals surface area (Å²) in [6, 6.07) is 10.4. The monoisotopic (exact) mass is 322 g/mol. The lowest BCUT2D eigenvalue weighted by atomic mass is 10.2. The Hall–Kier alpha value is -1.32. The van der Waals surface area contributed by atoms with Gasteiger partial charge in [-0.25, -0.2) is 0 Å². The van der Waals surface area contributed by atoms with Gasteiger partial charge in [0.25, 0.3) is 0 Å². The van der Waals surface area contributed by atoms with Crippen molar-refractivity contribution in [2.45, 2.75) is 26.2 Å². The van der Waals surface area contributed by atoms with Crippen molar-refractivity contribution in [2.75, 3.05) is 32.7 Å². The molecule has 1 amide bonds. The molecule has 122 valence electrons. The minimum Gasteiger partial charge on any atom is -0.340 e. The van der Waals surface area contributed by atoms with Gasteiger partial charge in [-0.15, -0.1) is 12.4 Å². The molecule has 1 aromatic carbocycles. The van der Waals surface area contributed by atoms with Crippen molar-refractivity contribution in [3.8, 4) is 0 Å². The number of benzene rings is 1. The topological polar surface area (TPSA) is 23.6 Å². The van der Waals surface area contributed by atoms with E-state index < -0.39 is 0 Å². The van der Waals surface area contributed by atoms with Gasteiger partial charge < -0.3 is 4.90 Å². The van der Waals surface area contributed by atoms with E-state index >= 15 is 0 Å². The van der Waals surface area contributed by atoms with Gasteiger partial charge in [0.05, 0.1) is 0 Å². The van der Waals surface area contributed by atoms with Crippen LogP contribution in [-0.4, -0.2) is 48.4 Å². The number of carbonyl (C=O) groups excluding carboxylic acids is 1. The third-order valence-electron chi connectivity index (χ3n) is 3.94. The predicted molar refractivity (Wildman–Crippen MR) is 95.3 cm³/mol. The molecule has 22 heavy (non-hydrogen) atoms. The molecule has 2 rings (SSSR count). The maximum atomic E-state index is 12.0. The van der Waals surface area contributed by atoms with Crippen LogP contribution >= 0.6 is 12.4 Å². The van der Waals surface area contributed by atoms with Gasteiger partial charge >= 0.3 is 0 Å². The third-order valence-corrected chi connectivity index (χ3v) is 3.94. The number of carbonyl (C=O) groups is 1. The highest BCUT2D eigenvalue weighted by Crippen LogP contribution is 2.07. The van der Waals surface area contributed by atoms with Gasteiger partial charge in [0.15, 0.2) is 0 Å². The molecule has 4 heteroatoms. The van der Waals surface area contributed by atoms with Crippen LogP contribution in [0.4, 0.5) is 0 Å². The Balaban J connectivity index is 0.00000242. The lowest BCUT2D eigenvalue weighted by Crippen LogP contribution is -2.48. The number of hydrogen-bond acceptors (Lipinski definition) is 2. The zero-order valence-electron chi connectivity index (χ0n) is 13.4. The first kappa shape index (κ1) is 18.7. The molecule has 0 aromatic heterocycles. The molecule has 1 aromatic rings. The summed E-state index contributed by atoms with van der Waals surface area (Å²) in [4.78, 5) is 16.4. The van der Waals surface area contributed by atoms with Crippen LogP contribution in [0.25, 0.3) is 6.08 Å². The molecule has 0 unspecified atom stereocenters. The highest BCUT2D eigenvalue weighted by Gasteiger charge is 2.19. The van der Waals surface area contributed by atoms with Crippen LogP contribution in [0.2, 0.25) is 0 Å². The Bertz CT molecular complexity index is 453. The van der Waals surface area contributed by atoms with Crippen molar-refractivity contribution in [3.05, 3.63) is 42.0 Å². The molecule has 0 bridgehead atoms. The summed E-state index contributed by atoms with van der Waals surface area (Å²) in [7, 11) is 0. The summed E-state index contributed by atoms with van der Waals surface area (Å²) in [5, 5.41) is 0. The molecule has 1 aliphatic heterocycles. The molecule has 0 N–H and O–H groups in total. The molecule has 0 saturated carbocycles. The van der Waals surface area contributed by atoms with Gasteiger partial charge in [0.2, 0.25) is 5.91 Å². The van der Waals surface area contributed by atoms with E-state index in [1.807, 2.05) is 11.0 Å². The summed E-state index contributed by atoms with van der Waals surface area (Å²) in [5.41, 5.74) is 1.24. The maximum Gasteiger partial charge on any atom is 0.222 e. The number of unbranched alkanes of at least 4 members (excludes halogenated alkanes) is 1. The van der Waals surface area contributed by atoms with Crippen molar-refractivity contribution in [2.24, 2.45) is 0 Å². The Kier molecular flexibility index (Phi) is 8.86. The van der Waals surface area contributed by atoms with E-state index in [-0.39, 0.29) is 12.4 Å². The minimum absolute atomic E-state index is 0. The third kappa shape index (κ3) is 6.20. The predicted octanol–water partition coefficient (Wildman–Crippen LogP) is 3.46. The van der Waals surface area contributed by atoms with Crippen LogP contribution in [0.5, 0.6) is 0 Å². The van der Waals surface area contributed by atoms with E-state index in [4.69, 9.17) is 0 Å². The first-order valence-electron chi connectivity index (χ1n) is 8.01. The molecule has 0 aliphatic carbocycles. The average molecular weight is 323 g/mol. The zero-order chi connectivity index (χ0) is 14.9. The zero-order valence-corrected chi connectivity index (χ0v) is 14.2. The SMILES string of the molecule is CCCCC(=O)N1CCN(C/C=C/c2ccccc2)CC1.Cl. The second kappa shape index (κ2) is 10.4. The Morgan fingerprint density at radius 2 is 1.82 bits per heavy atom. The van der Waals surface area contributed by atoms with Crippen LogP contribution in [0.15, 0.2) is 36.4 Å². The van der Waals surface area contributed by atoms with Crippen LogP contribution < -0.4 is 0 Å². The van der Waals surface area contributed by atoms with Crippen molar-refractivity contribution < 1.29 is 4.79 Å². The molecule has 1 aliphatic rings. The van der Waals surface area contributed by atoms with Crippen molar-refractivity contribution in [3.63, 3.8) is 0 Å². The summed E-state index contributed by atoms with van der Waals surface area (Å²) >= 11 is 0. The molecule has 3 nitrogen and oxygen atoms in total. The lowest BCUT2D eigenvalue weighted by molar-refractivity contribution is -0.132. The van der Waals surface area contributed by atoms with E-state index in [2.05, 4.69) is 48.2 Å². The molecule has 0 spiro atoms. The summed E-state index contributed by atoms with van der Waals surface area (Å²) in [5.74, 6) is 0.330. The number of halogens is 1. The molecule has 1 heterocycles. The second-order valence-corrected chi connectivity index (χ2v) is 5.60. The maximum absolute atomic E-state index is 12.0. The van der Waals surface area contributed by atoms with Gasteiger partial charge in [0.1, 0.15) is 0 Å². The molecule has 1 saturated heterocycles. The largest absolute Gasteiger partial charge is 0.340 e. The van der Waals surface area contributed by atoms with Gasteiger partial charge in [-0.1, -0.05) is 55.8 Å². The summed E-state index contributed by atoms with van der Waals surface area (Å²) < 4.78 is 0. The first-order chi connectivity index (χ1) is 10.3. The van der Waals surface area contributed by atoms with E-state index in [1.165, 1.54) is 5.56 Å². The molecule has 0 atom stereocenters. The molecular weight excluding hydrogens is 296 g/mol. The number of hydrogen-bond donors (Lipinski definition) is 0. The molecule has 0 radical (unpaired) electrons. The van der Waals surface area contributed by atoms with Crippen LogP contribution in [0.1, 0.15) is 31.7 Å². The normalized spacial score (nSPS) is 15.8. The van der Waals surface area contributed by atoms with Crippen LogP contribution in [0.3, 0.4) is 0 Å². The highest BCUT2D eigenvalue weighted by molar-refractivity contribution is 5.85. The summed E-state index contributed by atoms with van der Waals surface area (Å²) in [6.45, 7) is 6.81. The number of rotatable bonds is 6. The smallest absolute Gasteiger partial charge is 0.222 e. The fourth-order valence-corrected chi connectivity index (χ4v) is 2.57. The number of piperazine rings is 1. The van der Waals surface area contributed by atoms with Crippen molar-refractivity contribution in [1.29, 1.82) is 0 Å². The Labute approximate surface area is 140 Å². The van der Waals surface area contributed by atoms with E-state index in [9.17, 15) is 4.79 Å². The quantitative estimate of drug-likeness (QED) is 0.801. The lowest BCUT2D eigenvalue weighted by Gasteiger charge is -2.34. The fraction of sp³-hybridized carbons (Fsp3) is 0.500. The van der Waals surface area contributed by atoms with Crippen LogP contribution in [0, 0.1) is 0 Å². The van der Waals surface area contributed by atoms with Crippen molar-refractivity contribution in [1.82, 2.24) is 9.80 Å². The average Bonchev–Trinajstić information content (AvgIpc) is 2.54. The van der Waals surface area contributed by atoms with Crippen LogP contribution in [-0.2, 0) is 4.79 Å². The van der Waals surface area contributed by atoms with E-state index in [0.717, 1.165) is 45.6 Å². The van der Waals surface area contributed by atoms with Crippen molar-refractivity contribution >= 4 is 24.4 Å². The van der Waals surface area contributed by atoms with Gasteiger partial charge in [-0.05, 0) is 12.0 Å². The first-order valence-corrected chi connectivity index (χ1v) is 8.01. The number of nitrogens with zero attached hydrogens (tertiary/aromatic N) is 2.